The number of carbonyl (C=O) groups excluding carboxylic acids is 2. The Balaban J connectivity index is 1.48. The van der Waals surface area contributed by atoms with E-state index >= 15 is 0 Å². The number of ether oxygens (including phenoxy) is 2. The zero-order valence-electron chi connectivity index (χ0n) is 21.8. The van der Waals surface area contributed by atoms with Gasteiger partial charge in [-0.3, -0.25) is 9.59 Å². The summed E-state index contributed by atoms with van der Waals surface area (Å²) in [5.41, 5.74) is -10.5. The second-order valence-corrected chi connectivity index (χ2v) is 13.2. The fourth-order valence-electron chi connectivity index (χ4n) is 10.6. The quantitative estimate of drug-likeness (QED) is 0.322. The molecule has 0 amide bonds. The minimum absolute atomic E-state index is 0.0485. The molecule has 3 aliphatic heterocycles. The third-order valence-electron chi connectivity index (χ3n) is 12.3. The fraction of sp³-hybridized carbons (Fsp3) is 0.778. The Morgan fingerprint density at radius 2 is 1.84 bits per heavy atom. The number of esters is 2. The molecule has 4 N–H and O–H groups in total. The van der Waals surface area contributed by atoms with Gasteiger partial charge in [-0.15, -0.1) is 0 Å². The molecule has 11 heteroatoms. The number of furan rings is 1. The van der Waals surface area contributed by atoms with Crippen molar-refractivity contribution in [2.24, 2.45) is 28.1 Å². The maximum absolute atomic E-state index is 13.1. The van der Waals surface area contributed by atoms with Gasteiger partial charge in [-0.05, 0) is 31.2 Å². The largest absolute Gasteiger partial charge is 0.472 e. The van der Waals surface area contributed by atoms with Crippen LogP contribution in [0.4, 0.5) is 0 Å². The van der Waals surface area contributed by atoms with Gasteiger partial charge in [-0.25, -0.2) is 9.78 Å². The lowest BCUT2D eigenvalue weighted by atomic mass is 9.33. The van der Waals surface area contributed by atoms with Crippen LogP contribution in [-0.2, 0) is 28.8 Å². The molecule has 4 heterocycles. The number of hydrogen-bond donors (Lipinski definition) is 4. The smallest absolute Gasteiger partial charge is 0.306 e. The molecule has 4 aliphatic carbocycles. The first kappa shape index (κ1) is 25.0. The molecule has 8 rings (SSSR count). The second kappa shape index (κ2) is 6.82. The number of fused-ring (bicyclic) bond motifs is 3. The normalized spacial score (nSPS) is 57.8. The van der Waals surface area contributed by atoms with Gasteiger partial charge in [-0.1, -0.05) is 20.8 Å². The van der Waals surface area contributed by atoms with Gasteiger partial charge in [0.2, 0.25) is 0 Å². The first-order valence-corrected chi connectivity index (χ1v) is 13.2. The summed E-state index contributed by atoms with van der Waals surface area (Å²) in [6.07, 6.45) is -0.957. The van der Waals surface area contributed by atoms with Crippen LogP contribution >= 0.6 is 0 Å². The second-order valence-electron chi connectivity index (χ2n) is 13.2. The Morgan fingerprint density at radius 3 is 2.50 bits per heavy atom. The maximum atomic E-state index is 13.1. The Morgan fingerprint density at radius 1 is 1.11 bits per heavy atom. The van der Waals surface area contributed by atoms with Crippen LogP contribution in [0.5, 0.6) is 0 Å². The molecule has 0 radical (unpaired) electrons. The zero-order chi connectivity index (χ0) is 27.3. The first-order chi connectivity index (χ1) is 17.7. The van der Waals surface area contributed by atoms with Gasteiger partial charge in [-0.2, -0.15) is 0 Å². The average Bonchev–Trinajstić information content (AvgIpc) is 3.53. The minimum atomic E-state index is -2.24. The van der Waals surface area contributed by atoms with E-state index in [0.717, 1.165) is 0 Å². The van der Waals surface area contributed by atoms with Gasteiger partial charge in [0.1, 0.15) is 23.4 Å². The summed E-state index contributed by atoms with van der Waals surface area (Å²) in [5.74, 6) is -2.67. The van der Waals surface area contributed by atoms with Crippen LogP contribution < -0.4 is 0 Å². The van der Waals surface area contributed by atoms with Gasteiger partial charge in [0.15, 0.2) is 11.2 Å². The van der Waals surface area contributed by atoms with E-state index in [1.165, 1.54) is 19.6 Å². The first-order valence-electron chi connectivity index (χ1n) is 13.2. The molecule has 38 heavy (non-hydrogen) atoms. The summed E-state index contributed by atoms with van der Waals surface area (Å²) in [4.78, 5) is 38.0. The molecular weight excluding hydrogens is 500 g/mol. The van der Waals surface area contributed by atoms with Crippen molar-refractivity contribution in [3.63, 3.8) is 0 Å². The van der Waals surface area contributed by atoms with Gasteiger partial charge in [0.25, 0.3) is 0 Å². The molecule has 11 nitrogen and oxygen atoms in total. The lowest BCUT2D eigenvalue weighted by molar-refractivity contribution is -0.606. The number of aliphatic hydroxyl groups excluding tert-OH is 2. The van der Waals surface area contributed by atoms with E-state index in [1.807, 2.05) is 6.92 Å². The number of carbonyl (C=O) groups is 2. The highest BCUT2D eigenvalue weighted by molar-refractivity contribution is 5.73. The van der Waals surface area contributed by atoms with E-state index in [1.54, 1.807) is 19.9 Å². The van der Waals surface area contributed by atoms with Crippen molar-refractivity contribution in [3.05, 3.63) is 24.2 Å². The van der Waals surface area contributed by atoms with E-state index in [0.29, 0.717) is 12.0 Å². The predicted octanol–water partition coefficient (Wildman–Crippen LogP) is 0.930. The van der Waals surface area contributed by atoms with E-state index in [2.05, 4.69) is 0 Å². The lowest BCUT2D eigenvalue weighted by Crippen LogP contribution is -2.97. The Bertz CT molecular complexity index is 1230. The van der Waals surface area contributed by atoms with Gasteiger partial charge < -0.3 is 34.3 Å². The fourth-order valence-corrected chi connectivity index (χ4v) is 10.6. The number of rotatable bonds is 3. The van der Waals surface area contributed by atoms with Gasteiger partial charge in [0.05, 0.1) is 32.2 Å². The highest BCUT2D eigenvalue weighted by Gasteiger charge is 3.00. The van der Waals surface area contributed by atoms with Crippen LogP contribution in [0.2, 0.25) is 0 Å². The molecule has 0 aromatic carbocycles. The average molecular weight is 535 g/mol. The monoisotopic (exact) mass is 534 g/mol. The van der Waals surface area contributed by atoms with Crippen molar-refractivity contribution in [1.29, 1.82) is 0 Å². The van der Waals surface area contributed by atoms with Crippen LogP contribution in [0.25, 0.3) is 0 Å². The lowest BCUT2D eigenvalue weighted by Gasteiger charge is -2.80. The van der Waals surface area contributed by atoms with Crippen LogP contribution in [-0.4, -0.2) is 74.1 Å². The van der Waals surface area contributed by atoms with Crippen molar-refractivity contribution in [1.82, 2.24) is 0 Å². The highest BCUT2D eigenvalue weighted by Crippen LogP contribution is 2.86. The minimum Gasteiger partial charge on any atom is -0.472 e. The summed E-state index contributed by atoms with van der Waals surface area (Å²) in [6, 6.07) is 1.70. The predicted molar refractivity (Wildman–Crippen MR) is 123 cm³/mol. The number of methoxy groups -OCH3 is 1. The third kappa shape index (κ3) is 2.09. The molecule has 1 aromatic rings. The van der Waals surface area contributed by atoms with Crippen molar-refractivity contribution in [3.8, 4) is 0 Å². The number of aliphatic hydroxyl groups is 4. The molecule has 2 spiro atoms. The maximum Gasteiger partial charge on any atom is 0.306 e. The Hall–Kier alpha value is -2.02. The van der Waals surface area contributed by atoms with Crippen LogP contribution in [0.1, 0.15) is 64.5 Å². The molecular formula is C27H34O11. The highest BCUT2D eigenvalue weighted by atomic mass is 17.2. The molecule has 3 saturated heterocycles. The van der Waals surface area contributed by atoms with Crippen LogP contribution in [0.15, 0.2) is 23.0 Å². The number of cyclic esters (lactones) is 1. The SMILES string of the molecule is COC(=O)CC1C2(C)CC34OOC5(C6CC(=O)OC(c7ccoc7)C6(C)CCC5(O)C13C)C(O)C4(O)C2O. The van der Waals surface area contributed by atoms with Crippen LogP contribution in [0.3, 0.4) is 0 Å². The molecule has 12 unspecified atom stereocenters. The third-order valence-corrected chi connectivity index (χ3v) is 12.3. The van der Waals surface area contributed by atoms with E-state index in [9.17, 15) is 30.0 Å². The molecule has 4 saturated carbocycles. The molecule has 3 bridgehead atoms. The number of hydrogen-bond acceptors (Lipinski definition) is 11. The van der Waals surface area contributed by atoms with Crippen molar-refractivity contribution in [2.75, 3.05) is 7.11 Å². The standard InChI is InChI=1S/C27H34O11/c1-21-6-7-24(32)23(3)14(9-16(28)34-4)22(2)12-25(23)26(33,19(22)30)20(31)27(24,38-37-25)15(21)10-17(29)36-18(21)13-5-8-35-11-13/h5,8,11,14-15,18-20,30-33H,6-7,9-10,12H2,1-4H3. The summed E-state index contributed by atoms with van der Waals surface area (Å²) in [5, 5.41) is 49.2. The Kier molecular flexibility index (Phi) is 4.48. The van der Waals surface area contributed by atoms with Crippen molar-refractivity contribution in [2.45, 2.75) is 93.6 Å². The summed E-state index contributed by atoms with van der Waals surface area (Å²) < 4.78 is 16.1. The van der Waals surface area contributed by atoms with Gasteiger partial charge >= 0.3 is 11.9 Å². The van der Waals surface area contributed by atoms with Crippen molar-refractivity contribution < 1.29 is 53.7 Å². The summed E-state index contributed by atoms with van der Waals surface area (Å²) >= 11 is 0. The molecule has 7 fully saturated rings. The van der Waals surface area contributed by atoms with Gasteiger partial charge in [0, 0.05) is 34.1 Å². The summed E-state index contributed by atoms with van der Waals surface area (Å²) in [6.45, 7) is 5.39. The van der Waals surface area contributed by atoms with E-state index in [4.69, 9.17) is 23.7 Å². The van der Waals surface area contributed by atoms with Crippen molar-refractivity contribution >= 4 is 11.9 Å². The van der Waals surface area contributed by atoms with Crippen LogP contribution in [0, 0.1) is 28.1 Å². The topological polar surface area (TPSA) is 165 Å². The Labute approximate surface area is 218 Å². The zero-order valence-corrected chi connectivity index (χ0v) is 21.8. The molecule has 7 aliphatic rings. The van der Waals surface area contributed by atoms with E-state index < -0.39 is 80.7 Å². The molecule has 12 atom stereocenters. The molecule has 208 valence electrons. The molecule has 1 aromatic heterocycles. The summed E-state index contributed by atoms with van der Waals surface area (Å²) in [7, 11) is 1.27. The van der Waals surface area contributed by atoms with E-state index in [-0.39, 0.29) is 25.7 Å².